The van der Waals surface area contributed by atoms with Gasteiger partial charge in [0, 0.05) is 48.1 Å². The molecule has 40 heavy (non-hydrogen) atoms. The molecule has 204 valence electrons. The summed E-state index contributed by atoms with van der Waals surface area (Å²) in [5, 5.41) is 6.32. The van der Waals surface area contributed by atoms with Crippen molar-refractivity contribution in [3.05, 3.63) is 107 Å². The predicted octanol–water partition coefficient (Wildman–Crippen LogP) is 3.92. The smallest absolute Gasteiger partial charge is 0.253 e. The highest BCUT2D eigenvalue weighted by Crippen LogP contribution is 2.42. The van der Waals surface area contributed by atoms with Crippen LogP contribution in [-0.2, 0) is 9.59 Å². The number of nitrogens with zero attached hydrogens (tertiary/aromatic N) is 1. The molecule has 1 heterocycles. The summed E-state index contributed by atoms with van der Waals surface area (Å²) in [6.45, 7) is 1.83. The average Bonchev–Trinajstić information content (AvgIpc) is 3.88. The molecule has 3 amide bonds. The van der Waals surface area contributed by atoms with Crippen LogP contribution >= 0.6 is 0 Å². The average molecular weight is 536 g/mol. The van der Waals surface area contributed by atoms with E-state index in [9.17, 15) is 19.2 Å². The molecule has 0 bridgehead atoms. The van der Waals surface area contributed by atoms with Crippen LogP contribution in [0.3, 0.4) is 0 Å². The molecule has 3 aromatic rings. The van der Waals surface area contributed by atoms with Crippen LogP contribution in [0.25, 0.3) is 0 Å². The number of hydrogen-bond acceptors (Lipinski definition) is 4. The summed E-state index contributed by atoms with van der Waals surface area (Å²) >= 11 is 0. The lowest BCUT2D eigenvalue weighted by Gasteiger charge is -2.18. The topological polar surface area (TPSA) is 95.6 Å². The highest BCUT2D eigenvalue weighted by molar-refractivity contribution is 5.99. The number of amides is 3. The highest BCUT2D eigenvalue weighted by Gasteiger charge is 2.48. The third kappa shape index (κ3) is 5.41. The van der Waals surface area contributed by atoms with Crippen LogP contribution in [0.1, 0.15) is 63.4 Å². The van der Waals surface area contributed by atoms with Crippen molar-refractivity contribution in [2.45, 2.75) is 43.7 Å². The summed E-state index contributed by atoms with van der Waals surface area (Å²) in [4.78, 5) is 53.7. The van der Waals surface area contributed by atoms with Gasteiger partial charge in [0.2, 0.25) is 11.8 Å². The van der Waals surface area contributed by atoms with Crippen LogP contribution in [0.2, 0.25) is 0 Å². The summed E-state index contributed by atoms with van der Waals surface area (Å²) in [6.07, 6.45) is 1.73. The Labute approximate surface area is 234 Å². The normalized spacial score (nSPS) is 26.6. The molecule has 3 fully saturated rings. The van der Waals surface area contributed by atoms with Crippen LogP contribution in [-0.4, -0.2) is 53.6 Å². The van der Waals surface area contributed by atoms with E-state index < -0.39 is 11.8 Å². The lowest BCUT2D eigenvalue weighted by atomic mass is 9.94. The molecular weight excluding hydrogens is 502 g/mol. The standard InChI is InChI=1S/C33H33N3O4/c1-20(37)21-12-14-24(15-13-21)33(40)36-18-27(31(38)34-29-16-25(29)22-8-4-2-5-9-22)28(19-36)32(39)35-30-17-26(30)23-10-6-3-7-11-23/h2-15,25-30H,16-19H2,1H3,(H,34,38)(H,35,39)/t25-,26-,27-,28-,29+,30+/m1/s1. The molecule has 7 nitrogen and oxygen atoms in total. The Morgan fingerprint density at radius 3 is 1.48 bits per heavy atom. The zero-order chi connectivity index (χ0) is 27.8. The number of Topliss-reactive ketones (excluding diaryl/α,β-unsaturated/α-hetero) is 1. The van der Waals surface area contributed by atoms with E-state index in [1.807, 2.05) is 36.4 Å². The molecule has 1 aliphatic heterocycles. The van der Waals surface area contributed by atoms with Crippen LogP contribution in [0.4, 0.5) is 0 Å². The molecule has 0 aromatic heterocycles. The van der Waals surface area contributed by atoms with Crippen LogP contribution in [0.5, 0.6) is 0 Å². The van der Waals surface area contributed by atoms with Crippen LogP contribution in [0, 0.1) is 11.8 Å². The first-order valence-corrected chi connectivity index (χ1v) is 14.0. The number of likely N-dealkylation sites (tertiary alicyclic amines) is 1. The SMILES string of the molecule is CC(=O)c1ccc(C(=O)N2C[C@@H](C(=O)N[C@H]3C[C@@H]3c3ccccc3)[C@H](C(=O)N[C@H]3C[C@@H]3c3ccccc3)C2)cc1. The van der Waals surface area contributed by atoms with Gasteiger partial charge in [-0.05, 0) is 43.0 Å². The van der Waals surface area contributed by atoms with E-state index >= 15 is 0 Å². The summed E-state index contributed by atoms with van der Waals surface area (Å²) in [6, 6.07) is 26.8. The third-order valence-electron chi connectivity index (χ3n) is 8.51. The molecule has 0 radical (unpaired) electrons. The van der Waals surface area contributed by atoms with Crippen LogP contribution in [0.15, 0.2) is 84.9 Å². The highest BCUT2D eigenvalue weighted by atomic mass is 16.2. The number of hydrogen-bond donors (Lipinski definition) is 2. The molecule has 2 N–H and O–H groups in total. The Hall–Kier alpha value is -4.26. The Morgan fingerprint density at radius 1 is 0.625 bits per heavy atom. The first-order valence-electron chi connectivity index (χ1n) is 14.0. The van der Waals surface area contributed by atoms with E-state index in [1.165, 1.54) is 18.1 Å². The zero-order valence-corrected chi connectivity index (χ0v) is 22.5. The molecule has 6 rings (SSSR count). The molecule has 3 aromatic carbocycles. The quantitative estimate of drug-likeness (QED) is 0.428. The third-order valence-corrected chi connectivity index (χ3v) is 8.51. The maximum atomic E-state index is 13.5. The lowest BCUT2D eigenvalue weighted by molar-refractivity contribution is -0.133. The van der Waals surface area contributed by atoms with Crippen LogP contribution < -0.4 is 10.6 Å². The predicted molar refractivity (Wildman–Crippen MR) is 151 cm³/mol. The van der Waals surface area contributed by atoms with Gasteiger partial charge in [0.25, 0.3) is 5.91 Å². The minimum Gasteiger partial charge on any atom is -0.352 e. The van der Waals surface area contributed by atoms with Gasteiger partial charge >= 0.3 is 0 Å². The molecule has 6 atom stereocenters. The van der Waals surface area contributed by atoms with Crippen molar-refractivity contribution >= 4 is 23.5 Å². The summed E-state index contributed by atoms with van der Waals surface area (Å²) in [5.74, 6) is -1.40. The second kappa shape index (κ2) is 10.7. The largest absolute Gasteiger partial charge is 0.352 e. The lowest BCUT2D eigenvalue weighted by Crippen LogP contribution is -2.43. The van der Waals surface area contributed by atoms with Crippen molar-refractivity contribution in [3.8, 4) is 0 Å². The van der Waals surface area contributed by atoms with Crippen molar-refractivity contribution in [1.82, 2.24) is 15.5 Å². The summed E-state index contributed by atoms with van der Waals surface area (Å²) in [5.41, 5.74) is 3.35. The van der Waals surface area contributed by atoms with Crippen molar-refractivity contribution in [3.63, 3.8) is 0 Å². The van der Waals surface area contributed by atoms with Crippen molar-refractivity contribution in [1.29, 1.82) is 0 Å². The Morgan fingerprint density at radius 2 is 1.05 bits per heavy atom. The van der Waals surface area contributed by atoms with Gasteiger partial charge in [-0.2, -0.15) is 0 Å². The van der Waals surface area contributed by atoms with Gasteiger partial charge in [-0.3, -0.25) is 19.2 Å². The number of carbonyl (C=O) groups excluding carboxylic acids is 4. The number of benzene rings is 3. The van der Waals surface area contributed by atoms with Gasteiger partial charge in [-0.15, -0.1) is 0 Å². The number of carbonyl (C=O) groups is 4. The first-order chi connectivity index (χ1) is 19.4. The van der Waals surface area contributed by atoms with Crippen molar-refractivity contribution in [2.24, 2.45) is 11.8 Å². The molecule has 3 aliphatic rings. The fourth-order valence-corrected chi connectivity index (χ4v) is 5.96. The van der Waals surface area contributed by atoms with Gasteiger partial charge in [0.15, 0.2) is 5.78 Å². The second-order valence-corrected chi connectivity index (χ2v) is 11.3. The second-order valence-electron chi connectivity index (χ2n) is 11.3. The van der Waals surface area contributed by atoms with Gasteiger partial charge in [0.1, 0.15) is 0 Å². The molecular formula is C33H33N3O4. The van der Waals surface area contributed by atoms with Gasteiger partial charge in [0.05, 0.1) is 11.8 Å². The summed E-state index contributed by atoms with van der Waals surface area (Å²) in [7, 11) is 0. The minimum atomic E-state index is -0.633. The maximum Gasteiger partial charge on any atom is 0.253 e. The van der Waals surface area contributed by atoms with Crippen molar-refractivity contribution < 1.29 is 19.2 Å². The zero-order valence-electron chi connectivity index (χ0n) is 22.5. The van der Waals surface area contributed by atoms with Gasteiger partial charge in [-0.1, -0.05) is 72.8 Å². The molecule has 1 saturated heterocycles. The Balaban J connectivity index is 1.15. The van der Waals surface area contributed by atoms with E-state index in [4.69, 9.17) is 0 Å². The molecule has 2 saturated carbocycles. The molecule has 0 unspecified atom stereocenters. The molecule has 2 aliphatic carbocycles. The van der Waals surface area contributed by atoms with E-state index in [2.05, 4.69) is 34.9 Å². The summed E-state index contributed by atoms with van der Waals surface area (Å²) < 4.78 is 0. The van der Waals surface area contributed by atoms with E-state index in [1.54, 1.807) is 29.2 Å². The first kappa shape index (κ1) is 26.0. The number of nitrogens with one attached hydrogen (secondary N) is 2. The van der Waals surface area contributed by atoms with Gasteiger partial charge < -0.3 is 15.5 Å². The van der Waals surface area contributed by atoms with Crippen molar-refractivity contribution in [2.75, 3.05) is 13.1 Å². The Kier molecular flexibility index (Phi) is 6.96. The number of rotatable bonds is 8. The Bertz CT molecular complexity index is 1350. The molecule has 0 spiro atoms. The van der Waals surface area contributed by atoms with E-state index in [-0.39, 0.29) is 60.5 Å². The van der Waals surface area contributed by atoms with E-state index in [0.717, 1.165) is 12.8 Å². The monoisotopic (exact) mass is 535 g/mol. The van der Waals surface area contributed by atoms with Gasteiger partial charge in [-0.25, -0.2) is 0 Å². The number of ketones is 1. The molecule has 7 heteroatoms. The fraction of sp³-hybridized carbons (Fsp3) is 0.333. The maximum absolute atomic E-state index is 13.5. The van der Waals surface area contributed by atoms with E-state index in [0.29, 0.717) is 11.1 Å². The fourth-order valence-electron chi connectivity index (χ4n) is 5.96. The minimum absolute atomic E-state index is 0.0355.